The summed E-state index contributed by atoms with van der Waals surface area (Å²) >= 11 is 0.632. The van der Waals surface area contributed by atoms with Gasteiger partial charge in [-0.15, -0.1) is 11.3 Å². The van der Waals surface area contributed by atoms with E-state index < -0.39 is 38.2 Å². The van der Waals surface area contributed by atoms with Crippen LogP contribution in [0.3, 0.4) is 0 Å². The molecule has 1 atom stereocenters. The molecule has 6 nitrogen and oxygen atoms in total. The van der Waals surface area contributed by atoms with E-state index in [2.05, 4.69) is 5.32 Å². The minimum Gasteiger partial charge on any atom is -0.322 e. The van der Waals surface area contributed by atoms with E-state index in [-0.39, 0.29) is 21.7 Å². The number of nitrogens with one attached hydrogen (secondary N) is 2. The first-order valence-corrected chi connectivity index (χ1v) is 9.85. The quantitative estimate of drug-likeness (QED) is 0.702. The Labute approximate surface area is 161 Å². The molecule has 12 heteroatoms. The second-order valence-electron chi connectivity index (χ2n) is 5.68. The van der Waals surface area contributed by atoms with Crippen molar-refractivity contribution in [2.75, 3.05) is 5.32 Å². The highest BCUT2D eigenvalue weighted by Crippen LogP contribution is 2.28. The summed E-state index contributed by atoms with van der Waals surface area (Å²) in [5.41, 5.74) is -0.275. The van der Waals surface area contributed by atoms with E-state index in [4.69, 9.17) is 5.26 Å². The fourth-order valence-corrected chi connectivity index (χ4v) is 4.74. The van der Waals surface area contributed by atoms with E-state index in [1.165, 1.54) is 17.7 Å². The van der Waals surface area contributed by atoms with E-state index in [1.807, 2.05) is 0 Å². The SMILES string of the molecule is Cc1sc(S(=O)(=O)N[C@H](C)C(F)(F)F)cc1C(=O)Nc1ccc(F)c(C#N)c1. The van der Waals surface area contributed by atoms with Gasteiger partial charge in [-0.05, 0) is 38.1 Å². The first kappa shape index (κ1) is 21.8. The van der Waals surface area contributed by atoms with E-state index in [9.17, 15) is 30.8 Å². The van der Waals surface area contributed by atoms with Crippen LogP contribution in [0.4, 0.5) is 23.2 Å². The maximum absolute atomic E-state index is 13.3. The number of rotatable bonds is 5. The van der Waals surface area contributed by atoms with Gasteiger partial charge in [-0.25, -0.2) is 12.8 Å². The molecule has 28 heavy (non-hydrogen) atoms. The zero-order valence-corrected chi connectivity index (χ0v) is 16.0. The largest absolute Gasteiger partial charge is 0.404 e. The maximum Gasteiger partial charge on any atom is 0.404 e. The molecule has 0 unspecified atom stereocenters. The molecule has 0 aliphatic heterocycles. The van der Waals surface area contributed by atoms with Crippen molar-refractivity contribution in [1.82, 2.24) is 4.72 Å². The molecule has 0 spiro atoms. The molecular weight excluding hydrogens is 422 g/mol. The summed E-state index contributed by atoms with van der Waals surface area (Å²) in [5.74, 6) is -1.53. The lowest BCUT2D eigenvalue weighted by Crippen LogP contribution is -2.42. The highest BCUT2D eigenvalue weighted by Gasteiger charge is 2.39. The topological polar surface area (TPSA) is 99.1 Å². The molecule has 1 aromatic heterocycles. The van der Waals surface area contributed by atoms with Crippen molar-refractivity contribution < 1.29 is 30.8 Å². The minimum atomic E-state index is -4.76. The molecule has 0 saturated heterocycles. The summed E-state index contributed by atoms with van der Waals surface area (Å²) in [6, 6.07) is 3.54. The van der Waals surface area contributed by atoms with Crippen LogP contribution in [-0.2, 0) is 10.0 Å². The molecule has 1 amide bonds. The highest BCUT2D eigenvalue weighted by molar-refractivity contribution is 7.91. The average molecular weight is 435 g/mol. The van der Waals surface area contributed by atoms with Crippen molar-refractivity contribution in [3.05, 3.63) is 46.1 Å². The molecule has 0 saturated carbocycles. The number of nitriles is 1. The van der Waals surface area contributed by atoms with Crippen molar-refractivity contribution in [1.29, 1.82) is 5.26 Å². The number of hydrogen-bond acceptors (Lipinski definition) is 5. The molecule has 0 fully saturated rings. The standard InChI is InChI=1S/C16H13F4N3O3S2/c1-8-12(15(24)22-11-3-4-13(17)10(5-11)7-21)6-14(27-8)28(25,26)23-9(2)16(18,19)20/h3-6,9,23H,1-2H3,(H,22,24)/t9-/m1/s1. The van der Waals surface area contributed by atoms with Crippen LogP contribution in [0.2, 0.25) is 0 Å². The van der Waals surface area contributed by atoms with Crippen molar-refractivity contribution >= 4 is 33.0 Å². The second-order valence-corrected chi connectivity index (χ2v) is 8.88. The number of benzene rings is 1. The molecule has 150 valence electrons. The number of aryl methyl sites for hydroxylation is 1. The lowest BCUT2D eigenvalue weighted by atomic mass is 10.2. The summed E-state index contributed by atoms with van der Waals surface area (Å²) in [5, 5.41) is 11.2. The second kappa shape index (κ2) is 7.86. The van der Waals surface area contributed by atoms with Crippen LogP contribution in [-0.4, -0.2) is 26.5 Å². The summed E-state index contributed by atoms with van der Waals surface area (Å²) in [6.45, 7) is 2.09. The highest BCUT2D eigenvalue weighted by atomic mass is 32.2. The van der Waals surface area contributed by atoms with Gasteiger partial charge in [0.2, 0.25) is 0 Å². The molecule has 0 radical (unpaired) electrons. The van der Waals surface area contributed by atoms with Crippen LogP contribution in [0, 0.1) is 24.1 Å². The van der Waals surface area contributed by atoms with Gasteiger partial charge in [-0.2, -0.15) is 23.2 Å². The Balaban J connectivity index is 2.26. The minimum absolute atomic E-state index is 0.0760. The first-order valence-electron chi connectivity index (χ1n) is 7.55. The molecule has 0 bridgehead atoms. The Morgan fingerprint density at radius 1 is 1.29 bits per heavy atom. The third-order valence-electron chi connectivity index (χ3n) is 3.57. The molecule has 2 aromatic rings. The van der Waals surface area contributed by atoms with E-state index in [0.29, 0.717) is 18.3 Å². The Morgan fingerprint density at radius 2 is 1.93 bits per heavy atom. The summed E-state index contributed by atoms with van der Waals surface area (Å²) < 4.78 is 76.5. The zero-order chi connectivity index (χ0) is 21.3. The summed E-state index contributed by atoms with van der Waals surface area (Å²) in [4.78, 5) is 12.6. The molecular formula is C16H13F4N3O3S2. The van der Waals surface area contributed by atoms with Crippen LogP contribution in [0.25, 0.3) is 0 Å². The van der Waals surface area contributed by atoms with Crippen LogP contribution in [0.5, 0.6) is 0 Å². The molecule has 2 N–H and O–H groups in total. The Morgan fingerprint density at radius 3 is 2.50 bits per heavy atom. The van der Waals surface area contributed by atoms with Crippen LogP contribution >= 0.6 is 11.3 Å². The van der Waals surface area contributed by atoms with Gasteiger partial charge >= 0.3 is 6.18 Å². The molecule has 0 aliphatic carbocycles. The average Bonchev–Trinajstić information content (AvgIpc) is 2.98. The number of nitrogens with zero attached hydrogens (tertiary/aromatic N) is 1. The number of carbonyl (C=O) groups is 1. The lowest BCUT2D eigenvalue weighted by molar-refractivity contribution is -0.147. The van der Waals surface area contributed by atoms with Crippen LogP contribution in [0.15, 0.2) is 28.5 Å². The fourth-order valence-electron chi connectivity index (χ4n) is 2.06. The number of anilines is 1. The van der Waals surface area contributed by atoms with Crippen molar-refractivity contribution in [2.45, 2.75) is 30.3 Å². The summed E-state index contributed by atoms with van der Waals surface area (Å²) in [7, 11) is -4.49. The number of halogens is 4. The Hall–Kier alpha value is -2.49. The van der Waals surface area contributed by atoms with Gasteiger partial charge in [0.05, 0.1) is 11.1 Å². The summed E-state index contributed by atoms with van der Waals surface area (Å²) in [6.07, 6.45) is -4.76. The zero-order valence-electron chi connectivity index (χ0n) is 14.4. The third-order valence-corrected chi connectivity index (χ3v) is 6.64. The lowest BCUT2D eigenvalue weighted by Gasteiger charge is -2.16. The van der Waals surface area contributed by atoms with Crippen molar-refractivity contribution in [3.8, 4) is 6.07 Å². The van der Waals surface area contributed by atoms with Gasteiger partial charge in [0.25, 0.3) is 15.9 Å². The van der Waals surface area contributed by atoms with Gasteiger partial charge in [0, 0.05) is 10.6 Å². The fraction of sp³-hybridized carbons (Fsp3) is 0.250. The number of alkyl halides is 3. The number of thiophene rings is 1. The van der Waals surface area contributed by atoms with Crippen LogP contribution in [0.1, 0.15) is 27.7 Å². The van der Waals surface area contributed by atoms with E-state index in [1.54, 1.807) is 6.07 Å². The van der Waals surface area contributed by atoms with Crippen molar-refractivity contribution in [2.24, 2.45) is 0 Å². The molecule has 2 rings (SSSR count). The Bertz CT molecular complexity index is 1060. The number of sulfonamides is 1. The monoisotopic (exact) mass is 435 g/mol. The van der Waals surface area contributed by atoms with E-state index >= 15 is 0 Å². The number of amides is 1. The normalized spacial score (nSPS) is 13.0. The van der Waals surface area contributed by atoms with Gasteiger partial charge in [0.1, 0.15) is 22.1 Å². The van der Waals surface area contributed by atoms with Crippen LogP contribution < -0.4 is 10.0 Å². The van der Waals surface area contributed by atoms with E-state index in [0.717, 1.165) is 18.2 Å². The van der Waals surface area contributed by atoms with Gasteiger partial charge in [-0.3, -0.25) is 4.79 Å². The number of hydrogen-bond donors (Lipinski definition) is 2. The smallest absolute Gasteiger partial charge is 0.322 e. The van der Waals surface area contributed by atoms with Crippen molar-refractivity contribution in [3.63, 3.8) is 0 Å². The molecule has 0 aliphatic rings. The molecule has 1 aromatic carbocycles. The van der Waals surface area contributed by atoms with Gasteiger partial charge in [-0.1, -0.05) is 0 Å². The third kappa shape index (κ3) is 4.86. The molecule has 1 heterocycles. The predicted molar refractivity (Wildman–Crippen MR) is 94.0 cm³/mol. The number of carbonyl (C=O) groups excluding carboxylic acids is 1. The maximum atomic E-state index is 13.3. The predicted octanol–water partition coefficient (Wildman–Crippen LogP) is 3.55. The van der Waals surface area contributed by atoms with Gasteiger partial charge < -0.3 is 5.32 Å². The Kier molecular flexibility index (Phi) is 6.12. The first-order chi connectivity index (χ1) is 12.8. The van der Waals surface area contributed by atoms with Gasteiger partial charge in [0.15, 0.2) is 0 Å².